The van der Waals surface area contributed by atoms with Crippen LogP contribution in [0.1, 0.15) is 11.0 Å². The van der Waals surface area contributed by atoms with E-state index in [1.807, 2.05) is 36.4 Å². The summed E-state index contributed by atoms with van der Waals surface area (Å²) >= 11 is 5.12. The van der Waals surface area contributed by atoms with Gasteiger partial charge in [0, 0.05) is 24.6 Å². The largest absolute Gasteiger partial charge is 0.135 e. The van der Waals surface area contributed by atoms with Crippen LogP contribution in [0, 0.1) is 0 Å². The van der Waals surface area contributed by atoms with Crippen LogP contribution in [-0.4, -0.2) is 0 Å². The minimum atomic E-state index is -0.407. The van der Waals surface area contributed by atoms with Gasteiger partial charge in [-0.1, -0.05) is 96.9 Å². The molecule has 0 spiro atoms. The van der Waals surface area contributed by atoms with E-state index in [9.17, 15) is 0 Å². The fourth-order valence-corrected chi connectivity index (χ4v) is 6.47. The van der Waals surface area contributed by atoms with E-state index in [2.05, 4.69) is 34.1 Å². The molecule has 0 unspecified atom stereocenters. The molecule has 0 aliphatic carbocycles. The number of benzene rings is 6. The molecule has 0 nitrogen and oxygen atoms in total. The average Bonchev–Trinajstić information content (AvgIpc) is 3.35. The molecule has 2 heteroatoms. The first kappa shape index (κ1) is 12.2. The average molecular weight is 497 g/mol. The molecule has 0 aliphatic rings. The van der Waals surface area contributed by atoms with Crippen molar-refractivity contribution >= 4 is 79.8 Å². The fraction of sp³-hybridized carbons (Fsp3) is 0. The minimum absolute atomic E-state index is 0.181. The summed E-state index contributed by atoms with van der Waals surface area (Å²) in [5, 5.41) is 4.83. The van der Waals surface area contributed by atoms with Crippen LogP contribution in [0.4, 0.5) is 0 Å². The Morgan fingerprint density at radius 3 is 2.06 bits per heavy atom. The molecule has 0 N–H and O–H groups in total. The van der Waals surface area contributed by atoms with Gasteiger partial charge in [0.1, 0.15) is 0 Å². The molecule has 0 saturated carbocycles. The third-order valence-corrected chi connectivity index (χ3v) is 7.97. The Labute approximate surface area is 209 Å². The Bertz CT molecular complexity index is 2190. The third kappa shape index (κ3) is 2.48. The van der Waals surface area contributed by atoms with E-state index >= 15 is 0 Å². The summed E-state index contributed by atoms with van der Waals surface area (Å²) in [4.78, 5) is 0. The van der Waals surface area contributed by atoms with Gasteiger partial charge in [0.15, 0.2) is 0 Å². The summed E-state index contributed by atoms with van der Waals surface area (Å²) in [6, 6.07) is 15.3. The molecule has 0 fully saturated rings. The predicted molar refractivity (Wildman–Crippen MR) is 145 cm³/mol. The van der Waals surface area contributed by atoms with Crippen LogP contribution in [0.2, 0.25) is 0 Å². The van der Waals surface area contributed by atoms with E-state index in [0.29, 0.717) is 11.1 Å². The fourth-order valence-electron chi connectivity index (χ4n) is 4.61. The predicted octanol–water partition coefficient (Wildman–Crippen LogP) is 9.94. The van der Waals surface area contributed by atoms with Gasteiger partial charge in [-0.05, 0) is 65.4 Å². The molecule has 0 aliphatic heterocycles. The van der Waals surface area contributed by atoms with Crippen LogP contribution in [0.15, 0.2) is 107 Å². The van der Waals surface area contributed by atoms with Gasteiger partial charge in [0.25, 0.3) is 0 Å². The van der Waals surface area contributed by atoms with Crippen LogP contribution in [0.3, 0.4) is 0 Å². The van der Waals surface area contributed by atoms with Gasteiger partial charge in [0.2, 0.25) is 0 Å². The Kier molecular flexibility index (Phi) is 2.62. The summed E-state index contributed by atoms with van der Waals surface area (Å²) in [5.74, 6) is 0. The lowest BCUT2D eigenvalue weighted by molar-refractivity contribution is 1.71. The number of thiophene rings is 1. The summed E-state index contributed by atoms with van der Waals surface area (Å²) in [7, 11) is 0. The van der Waals surface area contributed by atoms with Crippen LogP contribution >= 0.6 is 27.3 Å². The monoisotopic (exact) mass is 496 g/mol. The molecular formula is C30H17BrS. The Balaban J connectivity index is 1.82. The highest BCUT2D eigenvalue weighted by Gasteiger charge is 2.18. The first-order valence-corrected chi connectivity index (χ1v) is 11.7. The highest BCUT2D eigenvalue weighted by molar-refractivity contribution is 9.10. The molecule has 7 aromatic rings. The second kappa shape index (κ2) is 6.90. The maximum atomic E-state index is 8.95. The van der Waals surface area contributed by atoms with Gasteiger partial charge < -0.3 is 0 Å². The molecule has 1 aromatic heterocycles. The van der Waals surface area contributed by atoms with Crippen LogP contribution in [0.5, 0.6) is 0 Å². The van der Waals surface area contributed by atoms with E-state index in [1.165, 1.54) is 0 Å². The zero-order valence-electron chi connectivity index (χ0n) is 24.5. The normalized spacial score (nSPS) is 15.4. The van der Waals surface area contributed by atoms with Gasteiger partial charge in [-0.2, -0.15) is 0 Å². The Morgan fingerprint density at radius 2 is 1.31 bits per heavy atom. The molecule has 0 atom stereocenters. The van der Waals surface area contributed by atoms with Crippen molar-refractivity contribution in [3.63, 3.8) is 0 Å². The van der Waals surface area contributed by atoms with E-state index in [0.717, 1.165) is 30.9 Å². The maximum absolute atomic E-state index is 8.95. The number of halogens is 1. The lowest BCUT2D eigenvalue weighted by atomic mass is 9.89. The molecule has 0 bridgehead atoms. The van der Waals surface area contributed by atoms with Crippen molar-refractivity contribution in [1.82, 2.24) is 0 Å². The smallest absolute Gasteiger partial charge is 0.0630 e. The zero-order chi connectivity index (χ0) is 28.2. The summed E-state index contributed by atoms with van der Waals surface area (Å²) in [5.41, 5.74) is 1.02. The van der Waals surface area contributed by atoms with Crippen LogP contribution in [-0.2, 0) is 0 Å². The molecule has 7 rings (SSSR count). The molecule has 150 valence electrons. The second-order valence-corrected chi connectivity index (χ2v) is 9.48. The standard InChI is InChI=1S/C30H17BrS/c31-29-22-12-5-3-10-20(22)27(21-11-4-6-13-23(21)29)24-14-7-15-26-28(24)25-17-16-18-8-1-2-9-19(18)30(25)32-26/h1-17H/i3D,4D,5D,6D,10D,11D,12D,13D. The lowest BCUT2D eigenvalue weighted by Crippen LogP contribution is -1.88. The molecule has 1 heterocycles. The Hall–Kier alpha value is -3.20. The summed E-state index contributed by atoms with van der Waals surface area (Å²) < 4.78 is 71.3. The quantitative estimate of drug-likeness (QED) is 0.198. The zero-order valence-corrected chi connectivity index (χ0v) is 18.9. The summed E-state index contributed by atoms with van der Waals surface area (Å²) in [6.45, 7) is 0. The maximum Gasteiger partial charge on any atom is 0.0630 e. The van der Waals surface area contributed by atoms with E-state index in [1.54, 1.807) is 11.3 Å². The van der Waals surface area contributed by atoms with Gasteiger partial charge in [-0.3, -0.25) is 0 Å². The molecule has 0 saturated heterocycles. The molecular weight excluding hydrogens is 472 g/mol. The van der Waals surface area contributed by atoms with E-state index in [-0.39, 0.29) is 50.2 Å². The molecule has 6 aromatic carbocycles. The summed E-state index contributed by atoms with van der Waals surface area (Å²) in [6.07, 6.45) is 0. The molecule has 0 radical (unpaired) electrons. The van der Waals surface area contributed by atoms with Crippen molar-refractivity contribution < 1.29 is 11.0 Å². The number of rotatable bonds is 1. The van der Waals surface area contributed by atoms with Crippen molar-refractivity contribution in [2.45, 2.75) is 0 Å². The number of hydrogen-bond acceptors (Lipinski definition) is 1. The highest BCUT2D eigenvalue weighted by atomic mass is 79.9. The molecule has 32 heavy (non-hydrogen) atoms. The third-order valence-electron chi connectivity index (χ3n) is 5.97. The van der Waals surface area contributed by atoms with Gasteiger partial charge in [-0.15, -0.1) is 11.3 Å². The van der Waals surface area contributed by atoms with Crippen molar-refractivity contribution in [3.05, 3.63) is 107 Å². The van der Waals surface area contributed by atoms with Crippen LogP contribution in [0.25, 0.3) is 63.6 Å². The lowest BCUT2D eigenvalue weighted by Gasteiger charge is -2.15. The highest BCUT2D eigenvalue weighted by Crippen LogP contribution is 2.47. The second-order valence-electron chi connectivity index (χ2n) is 7.63. The molecule has 0 amide bonds. The minimum Gasteiger partial charge on any atom is -0.135 e. The number of fused-ring (bicyclic) bond motifs is 7. The SMILES string of the molecule is [2H]c1c([2H])c([2H])c2c(-c3cccc4sc5c6ccccc6ccc5c34)c3c([2H])c([2H])c([2H])c([2H])c3c(Br)c2c1[2H]. The van der Waals surface area contributed by atoms with E-state index < -0.39 is 24.2 Å². The first-order valence-electron chi connectivity index (χ1n) is 14.1. The van der Waals surface area contributed by atoms with Crippen LogP contribution < -0.4 is 0 Å². The van der Waals surface area contributed by atoms with Gasteiger partial charge in [-0.25, -0.2) is 0 Å². The topological polar surface area (TPSA) is 0 Å². The number of hydrogen-bond donors (Lipinski definition) is 0. The van der Waals surface area contributed by atoms with Crippen molar-refractivity contribution in [2.75, 3.05) is 0 Å². The Morgan fingerprint density at radius 1 is 0.625 bits per heavy atom. The van der Waals surface area contributed by atoms with Gasteiger partial charge in [0.05, 0.1) is 11.0 Å². The first-order chi connectivity index (χ1) is 19.1. The van der Waals surface area contributed by atoms with Crippen molar-refractivity contribution in [3.8, 4) is 11.1 Å². The van der Waals surface area contributed by atoms with E-state index in [4.69, 9.17) is 11.0 Å². The van der Waals surface area contributed by atoms with Crippen molar-refractivity contribution in [1.29, 1.82) is 0 Å². The van der Waals surface area contributed by atoms with Gasteiger partial charge >= 0.3 is 0 Å². The van der Waals surface area contributed by atoms with Crippen molar-refractivity contribution in [2.24, 2.45) is 0 Å².